The Morgan fingerprint density at radius 3 is 2.57 bits per heavy atom. The molecule has 4 heteroatoms. The highest BCUT2D eigenvalue weighted by Crippen LogP contribution is 2.59. The molecule has 2 atom stereocenters. The highest BCUT2D eigenvalue weighted by molar-refractivity contribution is 5.74. The summed E-state index contributed by atoms with van der Waals surface area (Å²) >= 11 is 0. The minimum absolute atomic E-state index is 0.214. The third-order valence-corrected chi connectivity index (χ3v) is 5.41. The first-order valence-corrected chi connectivity index (χ1v) is 7.88. The highest BCUT2D eigenvalue weighted by Gasteiger charge is 2.61. The zero-order chi connectivity index (χ0) is 14.4. The molecule has 3 aliphatic rings. The van der Waals surface area contributed by atoms with Crippen molar-refractivity contribution in [3.05, 3.63) is 29.8 Å². The number of amides is 1. The smallest absolute Gasteiger partial charge is 0.219 e. The van der Waals surface area contributed by atoms with Crippen LogP contribution in [-0.2, 0) is 14.9 Å². The van der Waals surface area contributed by atoms with E-state index in [1.165, 1.54) is 17.7 Å². The number of likely N-dealkylation sites (tertiary alicyclic amines) is 1. The van der Waals surface area contributed by atoms with E-state index < -0.39 is 0 Å². The number of hydrogen-bond donors (Lipinski definition) is 0. The van der Waals surface area contributed by atoms with Gasteiger partial charge in [-0.1, -0.05) is 12.1 Å². The first kappa shape index (κ1) is 13.1. The van der Waals surface area contributed by atoms with E-state index in [-0.39, 0.29) is 11.3 Å². The number of piperidine rings is 1. The molecule has 0 bridgehead atoms. The van der Waals surface area contributed by atoms with Gasteiger partial charge in [0.05, 0.1) is 13.2 Å². The maximum atomic E-state index is 11.6. The Morgan fingerprint density at radius 1 is 1.24 bits per heavy atom. The number of carbonyl (C=O) groups is 1. The Kier molecular flexibility index (Phi) is 2.96. The number of morpholine rings is 1. The SMILES string of the molecule is CC(=O)N1CC2CC2(c2ccc(N3CCOCC3)cc2)C1. The van der Waals surface area contributed by atoms with Crippen LogP contribution >= 0.6 is 0 Å². The summed E-state index contributed by atoms with van der Waals surface area (Å²) in [4.78, 5) is 15.9. The van der Waals surface area contributed by atoms with Crippen molar-refractivity contribution in [1.29, 1.82) is 0 Å². The molecule has 1 aromatic carbocycles. The Morgan fingerprint density at radius 2 is 1.95 bits per heavy atom. The molecule has 2 saturated heterocycles. The molecule has 4 rings (SSSR count). The highest BCUT2D eigenvalue weighted by atomic mass is 16.5. The lowest BCUT2D eigenvalue weighted by Crippen LogP contribution is -2.36. The Labute approximate surface area is 125 Å². The van der Waals surface area contributed by atoms with Gasteiger partial charge in [0.1, 0.15) is 0 Å². The average Bonchev–Trinajstić information content (AvgIpc) is 3.10. The van der Waals surface area contributed by atoms with E-state index in [0.717, 1.165) is 39.4 Å². The quantitative estimate of drug-likeness (QED) is 0.828. The van der Waals surface area contributed by atoms with Crippen LogP contribution in [0.1, 0.15) is 18.9 Å². The molecule has 1 aliphatic carbocycles. The van der Waals surface area contributed by atoms with Crippen LogP contribution in [0.4, 0.5) is 5.69 Å². The van der Waals surface area contributed by atoms with Gasteiger partial charge in [-0.2, -0.15) is 0 Å². The van der Waals surface area contributed by atoms with Crippen LogP contribution in [0.15, 0.2) is 24.3 Å². The fourth-order valence-corrected chi connectivity index (χ4v) is 4.00. The van der Waals surface area contributed by atoms with Gasteiger partial charge in [0.2, 0.25) is 5.91 Å². The minimum Gasteiger partial charge on any atom is -0.378 e. The molecule has 3 fully saturated rings. The number of anilines is 1. The van der Waals surface area contributed by atoms with Crippen molar-refractivity contribution in [2.45, 2.75) is 18.8 Å². The van der Waals surface area contributed by atoms with Crippen LogP contribution in [0.3, 0.4) is 0 Å². The summed E-state index contributed by atoms with van der Waals surface area (Å²) in [5, 5.41) is 0. The molecule has 2 aliphatic heterocycles. The molecular weight excluding hydrogens is 264 g/mol. The van der Waals surface area contributed by atoms with Gasteiger partial charge in [0.25, 0.3) is 0 Å². The molecule has 2 unspecified atom stereocenters. The van der Waals surface area contributed by atoms with E-state index in [9.17, 15) is 4.79 Å². The number of carbonyl (C=O) groups excluding carboxylic acids is 1. The van der Waals surface area contributed by atoms with Crippen LogP contribution in [-0.4, -0.2) is 50.2 Å². The van der Waals surface area contributed by atoms with Crippen LogP contribution < -0.4 is 4.90 Å². The van der Waals surface area contributed by atoms with E-state index >= 15 is 0 Å². The molecule has 0 N–H and O–H groups in total. The summed E-state index contributed by atoms with van der Waals surface area (Å²) in [7, 11) is 0. The zero-order valence-corrected chi connectivity index (χ0v) is 12.5. The predicted molar refractivity (Wildman–Crippen MR) is 81.5 cm³/mol. The summed E-state index contributed by atoms with van der Waals surface area (Å²) in [5.74, 6) is 0.891. The standard InChI is InChI=1S/C17H22N2O2/c1-13(20)19-11-15-10-17(15,12-19)14-2-4-16(5-3-14)18-6-8-21-9-7-18/h2-5,15H,6-12H2,1H3. The van der Waals surface area contributed by atoms with Crippen LogP contribution in [0.5, 0.6) is 0 Å². The van der Waals surface area contributed by atoms with Crippen molar-refractivity contribution in [2.75, 3.05) is 44.3 Å². The largest absolute Gasteiger partial charge is 0.378 e. The molecule has 0 aromatic heterocycles. The number of nitrogens with zero attached hydrogens (tertiary/aromatic N) is 2. The van der Waals surface area contributed by atoms with Crippen LogP contribution in [0.25, 0.3) is 0 Å². The number of fused-ring (bicyclic) bond motifs is 1. The lowest BCUT2D eigenvalue weighted by atomic mass is 9.94. The van der Waals surface area contributed by atoms with Crippen LogP contribution in [0, 0.1) is 5.92 Å². The minimum atomic E-state index is 0.214. The Hall–Kier alpha value is -1.55. The maximum Gasteiger partial charge on any atom is 0.219 e. The second-order valence-corrected chi connectivity index (χ2v) is 6.60. The molecule has 21 heavy (non-hydrogen) atoms. The first-order chi connectivity index (χ1) is 10.2. The van der Waals surface area contributed by atoms with Crippen molar-refractivity contribution < 1.29 is 9.53 Å². The summed E-state index contributed by atoms with van der Waals surface area (Å²) in [6.07, 6.45) is 1.24. The number of ether oxygens (including phenoxy) is 1. The maximum absolute atomic E-state index is 11.6. The fourth-order valence-electron chi connectivity index (χ4n) is 4.00. The monoisotopic (exact) mass is 286 g/mol. The molecule has 1 saturated carbocycles. The molecule has 4 nitrogen and oxygen atoms in total. The van der Waals surface area contributed by atoms with Crippen molar-refractivity contribution in [3.8, 4) is 0 Å². The number of rotatable bonds is 2. The number of benzene rings is 1. The molecule has 2 heterocycles. The molecule has 1 aromatic rings. The van der Waals surface area contributed by atoms with Crippen molar-refractivity contribution in [3.63, 3.8) is 0 Å². The third kappa shape index (κ3) is 2.13. The molecule has 0 spiro atoms. The second-order valence-electron chi connectivity index (χ2n) is 6.60. The van der Waals surface area contributed by atoms with Gasteiger partial charge in [0.15, 0.2) is 0 Å². The Balaban J connectivity index is 1.51. The van der Waals surface area contributed by atoms with E-state index in [2.05, 4.69) is 29.2 Å². The molecule has 0 radical (unpaired) electrons. The zero-order valence-electron chi connectivity index (χ0n) is 12.5. The summed E-state index contributed by atoms with van der Waals surface area (Å²) in [6.45, 7) is 7.13. The topological polar surface area (TPSA) is 32.8 Å². The first-order valence-electron chi connectivity index (χ1n) is 7.88. The van der Waals surface area contributed by atoms with Gasteiger partial charge in [-0.25, -0.2) is 0 Å². The molecule has 112 valence electrons. The fraction of sp³-hybridized carbons (Fsp3) is 0.588. The summed E-state index contributed by atoms with van der Waals surface area (Å²) < 4.78 is 5.40. The summed E-state index contributed by atoms with van der Waals surface area (Å²) in [6, 6.07) is 9.02. The van der Waals surface area contributed by atoms with Gasteiger partial charge in [-0.15, -0.1) is 0 Å². The van der Waals surface area contributed by atoms with Crippen LogP contribution in [0.2, 0.25) is 0 Å². The average molecular weight is 286 g/mol. The predicted octanol–water partition coefficient (Wildman–Crippen LogP) is 1.64. The van der Waals surface area contributed by atoms with Crippen molar-refractivity contribution in [2.24, 2.45) is 5.92 Å². The lowest BCUT2D eigenvalue weighted by molar-refractivity contribution is -0.128. The van der Waals surface area contributed by atoms with Gasteiger partial charge in [-0.05, 0) is 30.0 Å². The summed E-state index contributed by atoms with van der Waals surface area (Å²) in [5.41, 5.74) is 2.96. The second kappa shape index (κ2) is 4.73. The number of hydrogen-bond acceptors (Lipinski definition) is 3. The third-order valence-electron chi connectivity index (χ3n) is 5.41. The van der Waals surface area contributed by atoms with Gasteiger partial charge in [-0.3, -0.25) is 4.79 Å². The van der Waals surface area contributed by atoms with E-state index in [4.69, 9.17) is 4.74 Å². The van der Waals surface area contributed by atoms with Gasteiger partial charge in [0, 0.05) is 44.2 Å². The Bertz CT molecular complexity index is 550. The lowest BCUT2D eigenvalue weighted by Gasteiger charge is -2.29. The van der Waals surface area contributed by atoms with Crippen molar-refractivity contribution in [1.82, 2.24) is 4.90 Å². The van der Waals surface area contributed by atoms with Gasteiger partial charge >= 0.3 is 0 Å². The van der Waals surface area contributed by atoms with E-state index in [0.29, 0.717) is 5.92 Å². The van der Waals surface area contributed by atoms with E-state index in [1.807, 2.05) is 4.90 Å². The molecule has 1 amide bonds. The van der Waals surface area contributed by atoms with Gasteiger partial charge < -0.3 is 14.5 Å². The molecular formula is C17H22N2O2. The van der Waals surface area contributed by atoms with E-state index in [1.54, 1.807) is 6.92 Å². The normalized spacial score (nSPS) is 31.2. The van der Waals surface area contributed by atoms with Crippen molar-refractivity contribution >= 4 is 11.6 Å².